The maximum absolute atomic E-state index is 5.40. The van der Waals surface area contributed by atoms with Crippen molar-refractivity contribution in [1.29, 1.82) is 0 Å². The molecule has 3 aromatic rings. The molecule has 0 unspecified atom stereocenters. The highest BCUT2D eigenvalue weighted by atomic mass is 16.5. The second kappa shape index (κ2) is 9.08. The van der Waals surface area contributed by atoms with Crippen molar-refractivity contribution in [1.82, 2.24) is 9.97 Å². The number of methoxy groups -OCH3 is 1. The van der Waals surface area contributed by atoms with Gasteiger partial charge in [0.1, 0.15) is 11.6 Å². The summed E-state index contributed by atoms with van der Waals surface area (Å²) in [5.41, 5.74) is 4.21. The Kier molecular flexibility index (Phi) is 6.32. The van der Waals surface area contributed by atoms with Gasteiger partial charge in [-0.3, -0.25) is 0 Å². The van der Waals surface area contributed by atoms with Gasteiger partial charge in [0.05, 0.1) is 7.11 Å². The van der Waals surface area contributed by atoms with Crippen molar-refractivity contribution in [2.45, 2.75) is 13.3 Å². The predicted molar refractivity (Wildman–Crippen MR) is 116 cm³/mol. The molecule has 0 fully saturated rings. The molecule has 3 rings (SSSR count). The predicted octanol–water partition coefficient (Wildman–Crippen LogP) is 4.26. The standard InChI is InChI=1S/C22H27N5O/c1-16-15-21(25-18-9-11-19(12-10-18)27(2)3)26-22(24-16)23-14-13-17-7-5-6-8-20(17)28-4/h5-12,15H,13-14H2,1-4H3,(H2,23,24,25,26). The van der Waals surface area contributed by atoms with Gasteiger partial charge >= 0.3 is 0 Å². The van der Waals surface area contributed by atoms with E-state index in [1.807, 2.05) is 57.4 Å². The van der Waals surface area contributed by atoms with E-state index in [4.69, 9.17) is 4.74 Å². The molecule has 0 amide bonds. The van der Waals surface area contributed by atoms with Gasteiger partial charge in [0.25, 0.3) is 0 Å². The Bertz CT molecular complexity index is 909. The molecule has 0 saturated carbocycles. The second-order valence-electron chi connectivity index (χ2n) is 6.77. The third-order valence-corrected chi connectivity index (χ3v) is 4.38. The van der Waals surface area contributed by atoms with Crippen LogP contribution in [0.3, 0.4) is 0 Å². The maximum Gasteiger partial charge on any atom is 0.224 e. The first-order valence-corrected chi connectivity index (χ1v) is 9.31. The summed E-state index contributed by atoms with van der Waals surface area (Å²) in [5.74, 6) is 2.28. The first kappa shape index (κ1) is 19.5. The van der Waals surface area contributed by atoms with Gasteiger partial charge in [0.15, 0.2) is 0 Å². The largest absolute Gasteiger partial charge is 0.496 e. The average molecular weight is 377 g/mol. The fourth-order valence-corrected chi connectivity index (χ4v) is 2.92. The summed E-state index contributed by atoms with van der Waals surface area (Å²) in [6, 6.07) is 18.2. The topological polar surface area (TPSA) is 62.3 Å². The van der Waals surface area contributed by atoms with Crippen molar-refractivity contribution in [2.24, 2.45) is 0 Å². The van der Waals surface area contributed by atoms with Crippen LogP contribution in [0.1, 0.15) is 11.3 Å². The smallest absolute Gasteiger partial charge is 0.224 e. The molecule has 0 aliphatic carbocycles. The zero-order chi connectivity index (χ0) is 19.9. The van der Waals surface area contributed by atoms with Crippen LogP contribution in [0, 0.1) is 6.92 Å². The lowest BCUT2D eigenvalue weighted by atomic mass is 10.1. The van der Waals surface area contributed by atoms with Crippen molar-refractivity contribution < 1.29 is 4.74 Å². The molecule has 146 valence electrons. The van der Waals surface area contributed by atoms with Gasteiger partial charge in [0.2, 0.25) is 5.95 Å². The summed E-state index contributed by atoms with van der Waals surface area (Å²) < 4.78 is 5.40. The molecule has 0 radical (unpaired) electrons. The molecule has 0 aliphatic heterocycles. The van der Waals surface area contributed by atoms with Crippen LogP contribution in [0.5, 0.6) is 5.75 Å². The van der Waals surface area contributed by atoms with Crippen molar-refractivity contribution in [3.8, 4) is 5.75 Å². The van der Waals surface area contributed by atoms with E-state index >= 15 is 0 Å². The quantitative estimate of drug-likeness (QED) is 0.612. The summed E-state index contributed by atoms with van der Waals surface area (Å²) in [5, 5.41) is 6.66. The van der Waals surface area contributed by atoms with Crippen LogP contribution in [0.2, 0.25) is 0 Å². The highest BCUT2D eigenvalue weighted by Gasteiger charge is 2.05. The molecule has 0 aliphatic rings. The SMILES string of the molecule is COc1ccccc1CCNc1nc(C)cc(Nc2ccc(N(C)C)cc2)n1. The van der Waals surface area contributed by atoms with Crippen LogP contribution in [-0.4, -0.2) is 37.7 Å². The van der Waals surface area contributed by atoms with E-state index in [1.165, 1.54) is 0 Å². The van der Waals surface area contributed by atoms with E-state index in [-0.39, 0.29) is 0 Å². The number of hydrogen-bond acceptors (Lipinski definition) is 6. The normalized spacial score (nSPS) is 10.4. The number of nitrogens with one attached hydrogen (secondary N) is 2. The highest BCUT2D eigenvalue weighted by molar-refractivity contribution is 5.61. The minimum absolute atomic E-state index is 0.613. The second-order valence-corrected chi connectivity index (χ2v) is 6.77. The molecule has 1 aromatic heterocycles. The molecule has 6 nitrogen and oxygen atoms in total. The molecular weight excluding hydrogens is 350 g/mol. The monoisotopic (exact) mass is 377 g/mol. The molecule has 0 spiro atoms. The van der Waals surface area contributed by atoms with Crippen molar-refractivity contribution >= 4 is 23.1 Å². The number of para-hydroxylation sites is 1. The number of rotatable bonds is 8. The van der Waals surface area contributed by atoms with Gasteiger partial charge in [-0.05, 0) is 49.2 Å². The number of benzene rings is 2. The van der Waals surface area contributed by atoms with E-state index in [0.29, 0.717) is 5.95 Å². The molecule has 28 heavy (non-hydrogen) atoms. The molecule has 0 bridgehead atoms. The first-order valence-electron chi connectivity index (χ1n) is 9.31. The Morgan fingerprint density at radius 2 is 1.75 bits per heavy atom. The van der Waals surface area contributed by atoms with Gasteiger partial charge in [-0.15, -0.1) is 0 Å². The van der Waals surface area contributed by atoms with E-state index in [2.05, 4.69) is 43.7 Å². The van der Waals surface area contributed by atoms with E-state index in [9.17, 15) is 0 Å². The van der Waals surface area contributed by atoms with E-state index < -0.39 is 0 Å². The lowest BCUT2D eigenvalue weighted by molar-refractivity contribution is 0.410. The number of anilines is 4. The Morgan fingerprint density at radius 1 is 1.00 bits per heavy atom. The minimum atomic E-state index is 0.613. The lowest BCUT2D eigenvalue weighted by Gasteiger charge is -2.14. The van der Waals surface area contributed by atoms with Crippen LogP contribution in [0.25, 0.3) is 0 Å². The molecule has 0 saturated heterocycles. The summed E-state index contributed by atoms with van der Waals surface area (Å²) in [4.78, 5) is 11.1. The highest BCUT2D eigenvalue weighted by Crippen LogP contribution is 2.21. The van der Waals surface area contributed by atoms with Gasteiger partial charge in [-0.1, -0.05) is 18.2 Å². The van der Waals surface area contributed by atoms with Crippen LogP contribution in [0.15, 0.2) is 54.6 Å². The maximum atomic E-state index is 5.40. The summed E-state index contributed by atoms with van der Waals surface area (Å²) >= 11 is 0. The summed E-state index contributed by atoms with van der Waals surface area (Å²) in [6.07, 6.45) is 0.829. The minimum Gasteiger partial charge on any atom is -0.496 e. The first-order chi connectivity index (χ1) is 13.5. The third kappa shape index (κ3) is 5.13. The fraction of sp³-hybridized carbons (Fsp3) is 0.273. The molecule has 0 atom stereocenters. The van der Waals surface area contributed by atoms with Crippen LogP contribution in [-0.2, 0) is 6.42 Å². The Morgan fingerprint density at radius 3 is 2.46 bits per heavy atom. The van der Waals surface area contributed by atoms with Gasteiger partial charge in [-0.25, -0.2) is 4.98 Å². The Labute approximate surface area is 166 Å². The van der Waals surface area contributed by atoms with Crippen molar-refractivity contribution in [2.75, 3.05) is 43.3 Å². The van der Waals surface area contributed by atoms with E-state index in [1.54, 1.807) is 7.11 Å². The van der Waals surface area contributed by atoms with Crippen molar-refractivity contribution in [3.05, 3.63) is 65.9 Å². The molecule has 2 aromatic carbocycles. The fourth-order valence-electron chi connectivity index (χ4n) is 2.92. The van der Waals surface area contributed by atoms with Gasteiger partial charge in [-0.2, -0.15) is 4.98 Å². The molecule has 2 N–H and O–H groups in total. The number of nitrogens with zero attached hydrogens (tertiary/aromatic N) is 3. The van der Waals surface area contributed by atoms with Gasteiger partial charge < -0.3 is 20.3 Å². The lowest BCUT2D eigenvalue weighted by Crippen LogP contribution is -2.10. The zero-order valence-corrected chi connectivity index (χ0v) is 16.9. The number of aromatic nitrogens is 2. The Balaban J connectivity index is 1.64. The average Bonchev–Trinajstić information content (AvgIpc) is 2.68. The Hall–Kier alpha value is -3.28. The molecule has 1 heterocycles. The molecule has 6 heteroatoms. The third-order valence-electron chi connectivity index (χ3n) is 4.38. The summed E-state index contributed by atoms with van der Waals surface area (Å²) in [7, 11) is 5.75. The summed E-state index contributed by atoms with van der Waals surface area (Å²) in [6.45, 7) is 2.69. The zero-order valence-electron chi connectivity index (χ0n) is 16.9. The van der Waals surface area contributed by atoms with Gasteiger partial charge in [0, 0.05) is 43.8 Å². The molecular formula is C22H27N5O. The van der Waals surface area contributed by atoms with Crippen LogP contribution in [0.4, 0.5) is 23.1 Å². The number of aryl methyl sites for hydroxylation is 1. The van der Waals surface area contributed by atoms with E-state index in [0.717, 1.165) is 47.2 Å². The number of ether oxygens (including phenoxy) is 1. The van der Waals surface area contributed by atoms with Crippen LogP contribution < -0.4 is 20.3 Å². The van der Waals surface area contributed by atoms with Crippen LogP contribution >= 0.6 is 0 Å². The van der Waals surface area contributed by atoms with Crippen molar-refractivity contribution in [3.63, 3.8) is 0 Å². The number of hydrogen-bond donors (Lipinski definition) is 2.